The highest BCUT2D eigenvalue weighted by atomic mass is 16.2. The average molecular weight is 228 g/mol. The van der Waals surface area contributed by atoms with Gasteiger partial charge in [0.05, 0.1) is 12.1 Å². The van der Waals surface area contributed by atoms with Gasteiger partial charge in [-0.15, -0.1) is 6.42 Å². The zero-order chi connectivity index (χ0) is 12.3. The summed E-state index contributed by atoms with van der Waals surface area (Å²) in [5, 5.41) is 6.02. The minimum atomic E-state index is -0.221. The molecule has 88 valence electrons. The number of benzene rings is 1. The Hall–Kier alpha value is -1.79. The number of hydrogen-bond acceptors (Lipinski definition) is 2. The Bertz CT molecular complexity index is 462. The fourth-order valence-corrected chi connectivity index (χ4v) is 2.00. The summed E-state index contributed by atoms with van der Waals surface area (Å²) in [5.41, 5.74) is 2.50. The Balaban J connectivity index is 2.03. The molecule has 1 aliphatic rings. The van der Waals surface area contributed by atoms with E-state index in [4.69, 9.17) is 6.42 Å². The van der Waals surface area contributed by atoms with E-state index in [9.17, 15) is 4.79 Å². The molecular weight excluding hydrogens is 212 g/mol. The Morgan fingerprint density at radius 2 is 2.24 bits per heavy atom. The molecule has 3 heteroatoms. The molecule has 0 saturated carbocycles. The molecule has 2 N–H and O–H groups in total. The highest BCUT2D eigenvalue weighted by molar-refractivity contribution is 5.83. The molecule has 2 unspecified atom stereocenters. The lowest BCUT2D eigenvalue weighted by Gasteiger charge is -2.25. The molecule has 17 heavy (non-hydrogen) atoms. The molecule has 1 heterocycles. The van der Waals surface area contributed by atoms with Crippen molar-refractivity contribution in [3.05, 3.63) is 35.4 Å². The van der Waals surface area contributed by atoms with E-state index in [1.807, 2.05) is 12.1 Å². The lowest BCUT2D eigenvalue weighted by molar-refractivity contribution is -0.123. The van der Waals surface area contributed by atoms with Crippen LogP contribution in [-0.4, -0.2) is 18.0 Å². The second-order valence-electron chi connectivity index (χ2n) is 4.30. The number of carbonyl (C=O) groups excluding carboxylic acids is 1. The van der Waals surface area contributed by atoms with E-state index in [0.717, 1.165) is 13.0 Å². The van der Waals surface area contributed by atoms with Gasteiger partial charge in [0, 0.05) is 6.54 Å². The highest BCUT2D eigenvalue weighted by Crippen LogP contribution is 2.16. The fraction of sp³-hybridized carbons (Fsp3) is 0.357. The number of rotatable bonds is 2. The predicted molar refractivity (Wildman–Crippen MR) is 67.2 cm³/mol. The van der Waals surface area contributed by atoms with Crippen LogP contribution >= 0.6 is 0 Å². The first-order valence-corrected chi connectivity index (χ1v) is 5.77. The number of carbonyl (C=O) groups is 1. The molecule has 0 spiro atoms. The Kier molecular flexibility index (Phi) is 3.46. The second kappa shape index (κ2) is 5.03. The Labute approximate surface area is 102 Å². The molecule has 2 atom stereocenters. The quantitative estimate of drug-likeness (QED) is 0.736. The molecule has 1 aromatic rings. The molecule has 0 aliphatic carbocycles. The van der Waals surface area contributed by atoms with E-state index in [0.29, 0.717) is 0 Å². The van der Waals surface area contributed by atoms with Crippen molar-refractivity contribution in [2.45, 2.75) is 32.0 Å². The van der Waals surface area contributed by atoms with Gasteiger partial charge in [0.1, 0.15) is 0 Å². The van der Waals surface area contributed by atoms with Gasteiger partial charge >= 0.3 is 0 Å². The standard InChI is InChI=1S/C14H16N2O/c1-3-10(2)16-14(17)13-8-11-6-4-5-7-12(11)9-15-13/h1,4-7,10,13,15H,8-9H2,2H3,(H,16,17). The maximum Gasteiger partial charge on any atom is 0.238 e. The Morgan fingerprint density at radius 1 is 1.53 bits per heavy atom. The van der Waals surface area contributed by atoms with E-state index in [1.54, 1.807) is 6.92 Å². The predicted octanol–water partition coefficient (Wildman–Crippen LogP) is 0.839. The van der Waals surface area contributed by atoms with Crippen LogP contribution in [0, 0.1) is 12.3 Å². The summed E-state index contributed by atoms with van der Waals surface area (Å²) < 4.78 is 0. The van der Waals surface area contributed by atoms with Crippen LogP contribution in [-0.2, 0) is 17.8 Å². The van der Waals surface area contributed by atoms with Crippen LogP contribution in [0.3, 0.4) is 0 Å². The molecular formula is C14H16N2O. The molecule has 0 saturated heterocycles. The van der Waals surface area contributed by atoms with Gasteiger partial charge in [-0.1, -0.05) is 30.2 Å². The van der Waals surface area contributed by atoms with Gasteiger partial charge in [-0.2, -0.15) is 0 Å². The van der Waals surface area contributed by atoms with Crippen LogP contribution in [0.15, 0.2) is 24.3 Å². The van der Waals surface area contributed by atoms with Gasteiger partial charge in [-0.25, -0.2) is 0 Å². The number of amides is 1. The van der Waals surface area contributed by atoms with Crippen LogP contribution in [0.5, 0.6) is 0 Å². The van der Waals surface area contributed by atoms with Crippen LogP contribution in [0.2, 0.25) is 0 Å². The zero-order valence-electron chi connectivity index (χ0n) is 9.86. The summed E-state index contributed by atoms with van der Waals surface area (Å²) in [7, 11) is 0. The first-order valence-electron chi connectivity index (χ1n) is 5.77. The first-order chi connectivity index (χ1) is 8.20. The SMILES string of the molecule is C#CC(C)NC(=O)C1Cc2ccccc2CN1. The maximum atomic E-state index is 11.9. The van der Waals surface area contributed by atoms with Crippen molar-refractivity contribution in [1.29, 1.82) is 0 Å². The minimum Gasteiger partial charge on any atom is -0.341 e. The van der Waals surface area contributed by atoms with E-state index < -0.39 is 0 Å². The number of terminal acetylenes is 1. The van der Waals surface area contributed by atoms with Crippen molar-refractivity contribution in [2.75, 3.05) is 0 Å². The van der Waals surface area contributed by atoms with Gasteiger partial charge in [0.2, 0.25) is 5.91 Å². The number of hydrogen-bond donors (Lipinski definition) is 2. The average Bonchev–Trinajstić information content (AvgIpc) is 2.38. The second-order valence-corrected chi connectivity index (χ2v) is 4.30. The molecule has 0 bridgehead atoms. The third kappa shape index (κ3) is 2.66. The highest BCUT2D eigenvalue weighted by Gasteiger charge is 2.24. The fourth-order valence-electron chi connectivity index (χ4n) is 2.00. The van der Waals surface area contributed by atoms with Crippen molar-refractivity contribution in [3.63, 3.8) is 0 Å². The summed E-state index contributed by atoms with van der Waals surface area (Å²) in [4.78, 5) is 11.9. The van der Waals surface area contributed by atoms with Crippen molar-refractivity contribution in [2.24, 2.45) is 0 Å². The monoisotopic (exact) mass is 228 g/mol. The van der Waals surface area contributed by atoms with E-state index in [1.165, 1.54) is 11.1 Å². The van der Waals surface area contributed by atoms with Gasteiger partial charge < -0.3 is 10.6 Å². The summed E-state index contributed by atoms with van der Waals surface area (Å²) in [6, 6.07) is 7.77. The van der Waals surface area contributed by atoms with Gasteiger partial charge in [0.15, 0.2) is 0 Å². The molecule has 3 nitrogen and oxygen atoms in total. The summed E-state index contributed by atoms with van der Waals surface area (Å²) >= 11 is 0. The smallest absolute Gasteiger partial charge is 0.238 e. The number of nitrogens with one attached hydrogen (secondary N) is 2. The molecule has 0 radical (unpaired) electrons. The third-order valence-corrected chi connectivity index (χ3v) is 3.01. The van der Waals surface area contributed by atoms with Gasteiger partial charge in [0.25, 0.3) is 0 Å². The topological polar surface area (TPSA) is 41.1 Å². The largest absolute Gasteiger partial charge is 0.341 e. The molecule has 1 aliphatic heterocycles. The van der Waals surface area contributed by atoms with E-state index >= 15 is 0 Å². The molecule has 1 amide bonds. The molecule has 2 rings (SSSR count). The lowest BCUT2D eigenvalue weighted by atomic mass is 9.95. The molecule has 1 aromatic carbocycles. The van der Waals surface area contributed by atoms with Crippen molar-refractivity contribution >= 4 is 5.91 Å². The van der Waals surface area contributed by atoms with Crippen LogP contribution in [0.1, 0.15) is 18.1 Å². The van der Waals surface area contributed by atoms with Gasteiger partial charge in [-0.3, -0.25) is 4.79 Å². The van der Waals surface area contributed by atoms with Crippen LogP contribution < -0.4 is 10.6 Å². The van der Waals surface area contributed by atoms with Crippen LogP contribution in [0.4, 0.5) is 0 Å². The Morgan fingerprint density at radius 3 is 2.94 bits per heavy atom. The van der Waals surface area contributed by atoms with Crippen molar-refractivity contribution in [1.82, 2.24) is 10.6 Å². The molecule has 0 aromatic heterocycles. The third-order valence-electron chi connectivity index (χ3n) is 3.01. The summed E-state index contributed by atoms with van der Waals surface area (Å²) in [5.74, 6) is 2.47. The normalized spacial score (nSPS) is 19.9. The molecule has 0 fully saturated rings. The maximum absolute atomic E-state index is 11.9. The van der Waals surface area contributed by atoms with E-state index in [-0.39, 0.29) is 18.0 Å². The summed E-state index contributed by atoms with van der Waals surface area (Å²) in [6.45, 7) is 2.54. The first kappa shape index (κ1) is 11.7. The minimum absolute atomic E-state index is 0.0232. The van der Waals surface area contributed by atoms with Crippen molar-refractivity contribution in [3.8, 4) is 12.3 Å². The zero-order valence-corrected chi connectivity index (χ0v) is 9.86. The van der Waals surface area contributed by atoms with Gasteiger partial charge in [-0.05, 0) is 24.5 Å². The van der Waals surface area contributed by atoms with Crippen LogP contribution in [0.25, 0.3) is 0 Å². The number of fused-ring (bicyclic) bond motifs is 1. The van der Waals surface area contributed by atoms with E-state index in [2.05, 4.69) is 28.7 Å². The summed E-state index contributed by atoms with van der Waals surface area (Å²) in [6.07, 6.45) is 5.96. The van der Waals surface area contributed by atoms with Crippen molar-refractivity contribution < 1.29 is 4.79 Å². The lowest BCUT2D eigenvalue weighted by Crippen LogP contribution is -2.49.